The number of carboxylic acid groups (broad SMARTS) is 1. The first-order valence-electron chi connectivity index (χ1n) is 5.03. The summed E-state index contributed by atoms with van der Waals surface area (Å²) in [6.45, 7) is 1.59. The van der Waals surface area contributed by atoms with Gasteiger partial charge in [-0.05, 0) is 13.2 Å². The third-order valence-electron chi connectivity index (χ3n) is 1.98. The Labute approximate surface area is 113 Å². The molecule has 1 unspecified atom stereocenters. The normalized spacial score (nSPS) is 11.9. The van der Waals surface area contributed by atoms with E-state index in [4.69, 9.17) is 16.7 Å². The number of rotatable bonds is 5. The maximum absolute atomic E-state index is 11.8. The number of carboxylic acids is 1. The molecular weight excluding hydrogens is 278 g/mol. The number of aliphatic carboxylic acids is 1. The van der Waals surface area contributed by atoms with E-state index in [2.05, 4.69) is 15.3 Å². The van der Waals surface area contributed by atoms with Gasteiger partial charge in [0.1, 0.15) is 0 Å². The van der Waals surface area contributed by atoms with Crippen molar-refractivity contribution in [3.63, 3.8) is 0 Å². The Hall–Kier alpha value is -1.34. The first-order chi connectivity index (χ1) is 8.43. The van der Waals surface area contributed by atoms with Crippen LogP contribution in [0, 0.1) is 0 Å². The second kappa shape index (κ2) is 6.55. The molecule has 0 aliphatic carbocycles. The summed E-state index contributed by atoms with van der Waals surface area (Å²) in [6.07, 6.45) is 2.96. The van der Waals surface area contributed by atoms with Crippen molar-refractivity contribution in [2.24, 2.45) is 0 Å². The lowest BCUT2D eigenvalue weighted by Crippen LogP contribution is -2.35. The van der Waals surface area contributed by atoms with Gasteiger partial charge in [0.2, 0.25) is 0 Å². The average molecular weight is 290 g/mol. The fraction of sp³-hybridized carbons (Fsp3) is 0.400. The van der Waals surface area contributed by atoms with Gasteiger partial charge < -0.3 is 10.4 Å². The molecule has 0 saturated heterocycles. The maximum Gasteiger partial charge on any atom is 0.305 e. The second-order valence-corrected chi connectivity index (χ2v) is 4.71. The fourth-order valence-corrected chi connectivity index (χ4v) is 1.73. The molecule has 0 radical (unpaired) electrons. The number of nitrogens with zero attached hydrogens (tertiary/aromatic N) is 2. The molecule has 0 spiro atoms. The molecule has 1 aromatic heterocycles. The summed E-state index contributed by atoms with van der Waals surface area (Å²) < 4.78 is 0. The highest BCUT2D eigenvalue weighted by Gasteiger charge is 2.17. The molecule has 6 nitrogen and oxygen atoms in total. The number of carbonyl (C=O) groups excluding carboxylic acids is 1. The average Bonchev–Trinajstić information content (AvgIpc) is 2.28. The molecule has 1 amide bonds. The zero-order valence-electron chi connectivity index (χ0n) is 9.81. The number of aromatic nitrogens is 2. The molecule has 18 heavy (non-hydrogen) atoms. The predicted octanol–water partition coefficient (Wildman–Crippen LogP) is 1.44. The maximum atomic E-state index is 11.8. The summed E-state index contributed by atoms with van der Waals surface area (Å²) in [5.74, 6) is -1.49. The topological polar surface area (TPSA) is 92.2 Å². The van der Waals surface area contributed by atoms with Gasteiger partial charge in [-0.2, -0.15) is 0 Å². The third kappa shape index (κ3) is 4.15. The van der Waals surface area contributed by atoms with Crippen LogP contribution in [0.15, 0.2) is 11.4 Å². The minimum atomic E-state index is -0.985. The van der Waals surface area contributed by atoms with Crippen molar-refractivity contribution in [3.8, 4) is 0 Å². The molecule has 0 aliphatic rings. The minimum absolute atomic E-state index is 0.0493. The monoisotopic (exact) mass is 289 g/mol. The molecule has 0 bridgehead atoms. The van der Waals surface area contributed by atoms with Gasteiger partial charge in [0, 0.05) is 6.04 Å². The van der Waals surface area contributed by atoms with Crippen LogP contribution in [0.25, 0.3) is 0 Å². The van der Waals surface area contributed by atoms with Gasteiger partial charge in [-0.25, -0.2) is 9.97 Å². The van der Waals surface area contributed by atoms with Crippen LogP contribution in [0.4, 0.5) is 0 Å². The summed E-state index contributed by atoms with van der Waals surface area (Å²) in [7, 11) is 0. The Kier molecular flexibility index (Phi) is 5.36. The standard InChI is InChI=1S/C10H12ClN3O3S/c1-5(3-7(15)16)13-9(17)8-6(11)4-12-10(14-8)18-2/h4-5H,3H2,1-2H3,(H,13,17)(H,15,16). The van der Waals surface area contributed by atoms with Crippen LogP contribution in [-0.2, 0) is 4.79 Å². The number of hydrogen-bond donors (Lipinski definition) is 2. The predicted molar refractivity (Wildman–Crippen MR) is 68.0 cm³/mol. The zero-order valence-corrected chi connectivity index (χ0v) is 11.4. The number of thioether (sulfide) groups is 1. The van der Waals surface area contributed by atoms with Gasteiger partial charge in [0.25, 0.3) is 5.91 Å². The Morgan fingerprint density at radius 2 is 2.28 bits per heavy atom. The molecule has 0 aliphatic heterocycles. The number of carbonyl (C=O) groups is 2. The van der Waals surface area contributed by atoms with Crippen molar-refractivity contribution < 1.29 is 14.7 Å². The first kappa shape index (κ1) is 14.7. The quantitative estimate of drug-likeness (QED) is 0.629. The molecule has 0 saturated carbocycles. The van der Waals surface area contributed by atoms with Gasteiger partial charge in [0.05, 0.1) is 17.6 Å². The van der Waals surface area contributed by atoms with Gasteiger partial charge in [-0.3, -0.25) is 9.59 Å². The lowest BCUT2D eigenvalue weighted by atomic mass is 10.2. The fourth-order valence-electron chi connectivity index (χ4n) is 1.21. The SMILES string of the molecule is CSc1ncc(Cl)c(C(=O)NC(C)CC(=O)O)n1. The third-order valence-corrected chi connectivity index (χ3v) is 2.82. The molecular formula is C10H12ClN3O3S. The van der Waals surface area contributed by atoms with Gasteiger partial charge in [0.15, 0.2) is 10.9 Å². The van der Waals surface area contributed by atoms with Crippen molar-refractivity contribution in [1.82, 2.24) is 15.3 Å². The molecule has 8 heteroatoms. The first-order valence-corrected chi connectivity index (χ1v) is 6.63. The van der Waals surface area contributed by atoms with E-state index in [0.29, 0.717) is 5.16 Å². The Bertz CT molecular complexity index is 470. The van der Waals surface area contributed by atoms with E-state index in [1.807, 2.05) is 0 Å². The number of nitrogens with one attached hydrogen (secondary N) is 1. The van der Waals surface area contributed by atoms with Crippen LogP contribution in [0.5, 0.6) is 0 Å². The highest BCUT2D eigenvalue weighted by atomic mass is 35.5. The van der Waals surface area contributed by atoms with Crippen molar-refractivity contribution >= 4 is 35.2 Å². The molecule has 2 N–H and O–H groups in total. The minimum Gasteiger partial charge on any atom is -0.481 e. The van der Waals surface area contributed by atoms with Crippen molar-refractivity contribution in [1.29, 1.82) is 0 Å². The lowest BCUT2D eigenvalue weighted by molar-refractivity contribution is -0.137. The van der Waals surface area contributed by atoms with Crippen molar-refractivity contribution in [2.75, 3.05) is 6.26 Å². The molecule has 98 valence electrons. The van der Waals surface area contributed by atoms with Crippen LogP contribution < -0.4 is 5.32 Å². The highest BCUT2D eigenvalue weighted by molar-refractivity contribution is 7.98. The Balaban J connectivity index is 2.80. The number of amides is 1. The van der Waals surface area contributed by atoms with Crippen molar-refractivity contribution in [3.05, 3.63) is 16.9 Å². The summed E-state index contributed by atoms with van der Waals surface area (Å²) in [4.78, 5) is 30.2. The van der Waals surface area contributed by atoms with Gasteiger partial charge >= 0.3 is 5.97 Å². The van der Waals surface area contributed by atoms with E-state index in [0.717, 1.165) is 0 Å². The van der Waals surface area contributed by atoms with E-state index in [9.17, 15) is 9.59 Å². The van der Waals surface area contributed by atoms with Crippen LogP contribution in [0.2, 0.25) is 5.02 Å². The molecule has 0 aromatic carbocycles. The lowest BCUT2D eigenvalue weighted by Gasteiger charge is -2.11. The Morgan fingerprint density at radius 3 is 2.83 bits per heavy atom. The summed E-state index contributed by atoms with van der Waals surface area (Å²) in [6, 6.07) is -0.501. The molecule has 0 fully saturated rings. The van der Waals surface area contributed by atoms with Crippen LogP contribution in [0.3, 0.4) is 0 Å². The largest absolute Gasteiger partial charge is 0.481 e. The molecule has 1 heterocycles. The second-order valence-electron chi connectivity index (χ2n) is 3.53. The van der Waals surface area contributed by atoms with E-state index < -0.39 is 17.9 Å². The van der Waals surface area contributed by atoms with Crippen LogP contribution >= 0.6 is 23.4 Å². The zero-order chi connectivity index (χ0) is 13.7. The van der Waals surface area contributed by atoms with Crippen LogP contribution in [0.1, 0.15) is 23.8 Å². The number of halogens is 1. The van der Waals surface area contributed by atoms with Gasteiger partial charge in [-0.1, -0.05) is 23.4 Å². The summed E-state index contributed by atoms with van der Waals surface area (Å²) in [5, 5.41) is 11.7. The van der Waals surface area contributed by atoms with Crippen molar-refractivity contribution in [2.45, 2.75) is 24.5 Å². The summed E-state index contributed by atoms with van der Waals surface area (Å²) >= 11 is 7.11. The van der Waals surface area contributed by atoms with E-state index in [1.54, 1.807) is 13.2 Å². The molecule has 1 atom stereocenters. The van der Waals surface area contributed by atoms with Crippen LogP contribution in [-0.4, -0.2) is 39.2 Å². The van der Waals surface area contributed by atoms with Gasteiger partial charge in [-0.15, -0.1) is 0 Å². The molecule has 1 rings (SSSR count). The Morgan fingerprint density at radius 1 is 1.61 bits per heavy atom. The smallest absolute Gasteiger partial charge is 0.305 e. The van der Waals surface area contributed by atoms with E-state index in [-0.39, 0.29) is 17.1 Å². The number of hydrogen-bond acceptors (Lipinski definition) is 5. The highest BCUT2D eigenvalue weighted by Crippen LogP contribution is 2.16. The molecule has 1 aromatic rings. The van der Waals surface area contributed by atoms with E-state index in [1.165, 1.54) is 18.0 Å². The van der Waals surface area contributed by atoms with E-state index >= 15 is 0 Å². The summed E-state index contributed by atoms with van der Waals surface area (Å²) in [5.41, 5.74) is 0.0493.